The maximum absolute atomic E-state index is 13.7. The molecule has 4 rings (SSSR count). The van der Waals surface area contributed by atoms with Gasteiger partial charge in [-0.15, -0.1) is 0 Å². The van der Waals surface area contributed by atoms with Crippen LogP contribution in [0.25, 0.3) is 11.3 Å². The zero-order chi connectivity index (χ0) is 24.4. The minimum Gasteiger partial charge on any atom is -0.493 e. The fourth-order valence-corrected chi connectivity index (χ4v) is 4.79. The Morgan fingerprint density at radius 3 is 2.44 bits per heavy atom. The summed E-state index contributed by atoms with van der Waals surface area (Å²) in [6.07, 6.45) is 1.45. The van der Waals surface area contributed by atoms with E-state index in [2.05, 4.69) is 32.9 Å². The van der Waals surface area contributed by atoms with E-state index in [1.54, 1.807) is 11.7 Å². The van der Waals surface area contributed by atoms with Crippen molar-refractivity contribution in [3.05, 3.63) is 68.6 Å². The highest BCUT2D eigenvalue weighted by Gasteiger charge is 2.22. The average molecular weight is 463 g/mol. The van der Waals surface area contributed by atoms with Crippen molar-refractivity contribution in [1.82, 2.24) is 9.13 Å². The first-order chi connectivity index (χ1) is 16.4. The van der Waals surface area contributed by atoms with Gasteiger partial charge in [0.2, 0.25) is 0 Å². The first-order valence-electron chi connectivity index (χ1n) is 11.9. The molecule has 0 bridgehead atoms. The smallest absolute Gasteiger partial charge is 0.330 e. The Bertz CT molecular complexity index is 1330. The molecule has 0 fully saturated rings. The molecule has 0 saturated carbocycles. The molecule has 180 valence electrons. The zero-order valence-electron chi connectivity index (χ0n) is 20.8. The zero-order valence-corrected chi connectivity index (χ0v) is 20.8. The lowest BCUT2D eigenvalue weighted by Crippen LogP contribution is -2.42. The average Bonchev–Trinajstić information content (AvgIpc) is 2.80. The van der Waals surface area contributed by atoms with Crippen LogP contribution >= 0.6 is 0 Å². The number of hydrogen-bond donors (Lipinski definition) is 1. The van der Waals surface area contributed by atoms with Crippen molar-refractivity contribution in [1.29, 1.82) is 0 Å². The third kappa shape index (κ3) is 4.40. The highest BCUT2D eigenvalue weighted by Crippen LogP contribution is 2.37. The van der Waals surface area contributed by atoms with Crippen molar-refractivity contribution < 1.29 is 9.47 Å². The van der Waals surface area contributed by atoms with E-state index in [4.69, 9.17) is 20.2 Å². The maximum atomic E-state index is 13.7. The van der Waals surface area contributed by atoms with Gasteiger partial charge in [-0.3, -0.25) is 9.13 Å². The molecule has 2 heterocycles. The van der Waals surface area contributed by atoms with Gasteiger partial charge in [0, 0.05) is 24.7 Å². The maximum Gasteiger partial charge on any atom is 0.330 e. The number of fused-ring (bicyclic) bond motifs is 3. The van der Waals surface area contributed by atoms with Crippen LogP contribution in [0.1, 0.15) is 35.6 Å². The van der Waals surface area contributed by atoms with Crippen molar-refractivity contribution in [2.45, 2.75) is 53.6 Å². The van der Waals surface area contributed by atoms with Crippen LogP contribution in [-0.4, -0.2) is 29.4 Å². The SMILES string of the molecule is CCOc1cc2c(cc1OC)-c1c/c(=N\c3c(C)cc(C)cc3C)n(CCCN)c(=O)n1CC2. The Balaban J connectivity index is 1.99. The van der Waals surface area contributed by atoms with Crippen molar-refractivity contribution in [3.8, 4) is 22.8 Å². The fourth-order valence-electron chi connectivity index (χ4n) is 4.79. The van der Waals surface area contributed by atoms with Gasteiger partial charge in [-0.25, -0.2) is 9.79 Å². The lowest BCUT2D eigenvalue weighted by molar-refractivity contribution is 0.310. The molecule has 7 heteroatoms. The fraction of sp³-hybridized carbons (Fsp3) is 0.407. The first-order valence-corrected chi connectivity index (χ1v) is 11.9. The Kier molecular flexibility index (Phi) is 6.93. The van der Waals surface area contributed by atoms with Gasteiger partial charge >= 0.3 is 5.69 Å². The van der Waals surface area contributed by atoms with E-state index >= 15 is 0 Å². The summed E-state index contributed by atoms with van der Waals surface area (Å²) in [6.45, 7) is 10.4. The molecule has 1 aliphatic rings. The Morgan fingerprint density at radius 1 is 1.06 bits per heavy atom. The van der Waals surface area contributed by atoms with Gasteiger partial charge in [-0.05, 0) is 75.9 Å². The molecule has 1 aromatic heterocycles. The van der Waals surface area contributed by atoms with Crippen molar-refractivity contribution in [2.75, 3.05) is 20.3 Å². The Morgan fingerprint density at radius 2 is 1.79 bits per heavy atom. The van der Waals surface area contributed by atoms with Crippen molar-refractivity contribution in [2.24, 2.45) is 10.7 Å². The molecule has 2 N–H and O–H groups in total. The minimum atomic E-state index is -0.0642. The predicted octanol–water partition coefficient (Wildman–Crippen LogP) is 3.79. The van der Waals surface area contributed by atoms with E-state index in [0.29, 0.717) is 43.9 Å². The number of nitrogens with zero attached hydrogens (tertiary/aromatic N) is 3. The highest BCUT2D eigenvalue weighted by atomic mass is 16.5. The molecule has 0 aliphatic carbocycles. The summed E-state index contributed by atoms with van der Waals surface area (Å²) in [5, 5.41) is 0. The summed E-state index contributed by atoms with van der Waals surface area (Å²) in [4.78, 5) is 18.7. The van der Waals surface area contributed by atoms with Crippen LogP contribution < -0.4 is 26.4 Å². The molecule has 34 heavy (non-hydrogen) atoms. The van der Waals surface area contributed by atoms with Gasteiger partial charge < -0.3 is 15.2 Å². The number of methoxy groups -OCH3 is 1. The third-order valence-electron chi connectivity index (χ3n) is 6.31. The van der Waals surface area contributed by atoms with Gasteiger partial charge in [-0.1, -0.05) is 17.7 Å². The topological polar surface area (TPSA) is 83.8 Å². The van der Waals surface area contributed by atoms with E-state index < -0.39 is 0 Å². The molecule has 2 aromatic carbocycles. The third-order valence-corrected chi connectivity index (χ3v) is 6.31. The summed E-state index contributed by atoms with van der Waals surface area (Å²) in [6, 6.07) is 10.3. The Labute approximate surface area is 200 Å². The molecule has 0 spiro atoms. The molecule has 0 radical (unpaired) electrons. The summed E-state index contributed by atoms with van der Waals surface area (Å²) in [7, 11) is 1.63. The van der Waals surface area contributed by atoms with Crippen molar-refractivity contribution >= 4 is 5.69 Å². The van der Waals surface area contributed by atoms with Gasteiger partial charge in [0.25, 0.3) is 0 Å². The second-order valence-corrected chi connectivity index (χ2v) is 8.82. The second-order valence-electron chi connectivity index (χ2n) is 8.82. The molecule has 0 atom stereocenters. The van der Waals surface area contributed by atoms with Crippen LogP contribution in [0.3, 0.4) is 0 Å². The predicted molar refractivity (Wildman–Crippen MR) is 135 cm³/mol. The molecule has 3 aromatic rings. The monoisotopic (exact) mass is 462 g/mol. The summed E-state index contributed by atoms with van der Waals surface area (Å²) in [5.41, 5.74) is 13.6. The lowest BCUT2D eigenvalue weighted by atomic mass is 9.97. The molecule has 0 unspecified atom stereocenters. The van der Waals surface area contributed by atoms with Gasteiger partial charge in [0.1, 0.15) is 5.49 Å². The Hall–Kier alpha value is -3.32. The summed E-state index contributed by atoms with van der Waals surface area (Å²) in [5.74, 6) is 1.38. The van der Waals surface area contributed by atoms with E-state index in [9.17, 15) is 4.79 Å². The summed E-state index contributed by atoms with van der Waals surface area (Å²) >= 11 is 0. The van der Waals surface area contributed by atoms with Crippen molar-refractivity contribution in [3.63, 3.8) is 0 Å². The number of rotatable bonds is 7. The molecule has 1 aliphatic heterocycles. The number of aryl methyl sites for hydroxylation is 4. The van der Waals surface area contributed by atoms with Crippen LogP contribution in [0, 0.1) is 20.8 Å². The van der Waals surface area contributed by atoms with E-state index in [-0.39, 0.29) is 5.69 Å². The van der Waals surface area contributed by atoms with E-state index in [1.165, 1.54) is 5.56 Å². The number of aromatic nitrogens is 2. The number of ether oxygens (including phenoxy) is 2. The van der Waals surface area contributed by atoms with Crippen LogP contribution in [0.15, 0.2) is 40.1 Å². The number of hydrogen-bond acceptors (Lipinski definition) is 5. The quantitative estimate of drug-likeness (QED) is 0.579. The van der Waals surface area contributed by atoms with E-state index in [0.717, 1.165) is 45.8 Å². The molecule has 0 saturated heterocycles. The standard InChI is InChI=1S/C27H34N4O3/c1-6-34-24-14-20-8-11-30-22(21(20)15-23(24)33-5)16-25(31(27(30)32)10-7-9-28)29-26-18(3)12-17(2)13-19(26)4/h12-16H,6-11,28H2,1-5H3/b29-25+. The molecular formula is C27H34N4O3. The van der Waals surface area contributed by atoms with Crippen LogP contribution in [0.2, 0.25) is 0 Å². The lowest BCUT2D eigenvalue weighted by Gasteiger charge is -2.25. The minimum absolute atomic E-state index is 0.0642. The van der Waals surface area contributed by atoms with Gasteiger partial charge in [0.15, 0.2) is 11.5 Å². The van der Waals surface area contributed by atoms with Crippen LogP contribution in [-0.2, 0) is 19.5 Å². The highest BCUT2D eigenvalue weighted by molar-refractivity contribution is 5.70. The molecular weight excluding hydrogens is 428 g/mol. The largest absolute Gasteiger partial charge is 0.493 e. The summed E-state index contributed by atoms with van der Waals surface area (Å²) < 4.78 is 15.0. The number of benzene rings is 2. The first kappa shape index (κ1) is 23.8. The van der Waals surface area contributed by atoms with Crippen LogP contribution in [0.5, 0.6) is 11.5 Å². The number of nitrogens with two attached hydrogens (primary N) is 1. The normalized spacial score (nSPS) is 12.9. The molecule has 7 nitrogen and oxygen atoms in total. The van der Waals surface area contributed by atoms with Crippen LogP contribution in [0.4, 0.5) is 5.69 Å². The van der Waals surface area contributed by atoms with Gasteiger partial charge in [-0.2, -0.15) is 0 Å². The van der Waals surface area contributed by atoms with Gasteiger partial charge in [0.05, 0.1) is 25.1 Å². The van der Waals surface area contributed by atoms with E-state index in [1.807, 2.05) is 29.7 Å². The molecule has 0 amide bonds. The second kappa shape index (κ2) is 9.89.